The molecule has 0 aromatic heterocycles. The number of hydrogen-bond donors (Lipinski definition) is 2. The van der Waals surface area contributed by atoms with Gasteiger partial charge in [-0.05, 0) is 46.8 Å². The number of hydrogen-bond acceptors (Lipinski definition) is 4. The topological polar surface area (TPSA) is 98.5 Å². The highest BCUT2D eigenvalue weighted by Gasteiger charge is 2.28. The van der Waals surface area contributed by atoms with Crippen LogP contribution in [0, 0.1) is 5.92 Å². The normalized spacial score (nSPS) is 21.5. The SMILES string of the molecule is COc1c(Br)cc(C(=O)NC2CC(C)C2)cc1S(N)(=O)=O. The van der Waals surface area contributed by atoms with Crippen LogP contribution in [0.25, 0.3) is 0 Å². The summed E-state index contributed by atoms with van der Waals surface area (Å²) in [6, 6.07) is 2.90. The maximum atomic E-state index is 12.2. The highest BCUT2D eigenvalue weighted by atomic mass is 79.9. The van der Waals surface area contributed by atoms with Crippen LogP contribution in [-0.4, -0.2) is 27.5 Å². The Morgan fingerprint density at radius 3 is 2.52 bits per heavy atom. The van der Waals surface area contributed by atoms with Crippen LogP contribution < -0.4 is 15.2 Å². The predicted molar refractivity (Wildman–Crippen MR) is 81.7 cm³/mol. The smallest absolute Gasteiger partial charge is 0.251 e. The van der Waals surface area contributed by atoms with E-state index in [1.807, 2.05) is 0 Å². The van der Waals surface area contributed by atoms with Crippen molar-refractivity contribution in [1.82, 2.24) is 5.32 Å². The number of primary sulfonamides is 1. The lowest BCUT2D eigenvalue weighted by Crippen LogP contribution is -2.43. The van der Waals surface area contributed by atoms with E-state index in [0.717, 1.165) is 12.8 Å². The number of sulfonamides is 1. The molecule has 8 heteroatoms. The van der Waals surface area contributed by atoms with Gasteiger partial charge < -0.3 is 10.1 Å². The summed E-state index contributed by atoms with van der Waals surface area (Å²) in [6.07, 6.45) is 1.87. The van der Waals surface area contributed by atoms with Crippen molar-refractivity contribution in [2.75, 3.05) is 7.11 Å². The number of halogens is 1. The summed E-state index contributed by atoms with van der Waals surface area (Å²) in [5.41, 5.74) is 0.228. The molecule has 0 unspecified atom stereocenters. The number of carbonyl (C=O) groups is 1. The lowest BCUT2D eigenvalue weighted by molar-refractivity contribution is 0.0895. The second-order valence-corrected chi connectivity index (χ2v) is 7.67. The molecular formula is C13H17BrN2O4S. The number of nitrogens with one attached hydrogen (secondary N) is 1. The largest absolute Gasteiger partial charge is 0.494 e. The molecule has 2 rings (SSSR count). The third-order valence-electron chi connectivity index (χ3n) is 3.49. The average molecular weight is 377 g/mol. The number of rotatable bonds is 4. The van der Waals surface area contributed by atoms with E-state index in [1.165, 1.54) is 19.2 Å². The summed E-state index contributed by atoms with van der Waals surface area (Å²) in [7, 11) is -2.65. The molecule has 0 aliphatic heterocycles. The van der Waals surface area contributed by atoms with Crippen molar-refractivity contribution in [2.24, 2.45) is 11.1 Å². The second-order valence-electron chi connectivity index (χ2n) is 5.28. The van der Waals surface area contributed by atoms with E-state index >= 15 is 0 Å². The lowest BCUT2D eigenvalue weighted by atomic mass is 9.82. The molecule has 0 heterocycles. The molecule has 1 fully saturated rings. The molecule has 3 N–H and O–H groups in total. The molecule has 0 saturated heterocycles. The first-order valence-electron chi connectivity index (χ1n) is 6.43. The van der Waals surface area contributed by atoms with Gasteiger partial charge in [0.1, 0.15) is 4.90 Å². The number of ether oxygens (including phenoxy) is 1. The summed E-state index contributed by atoms with van der Waals surface area (Å²) in [6.45, 7) is 2.12. The maximum absolute atomic E-state index is 12.2. The summed E-state index contributed by atoms with van der Waals surface area (Å²) >= 11 is 3.20. The number of amides is 1. The fourth-order valence-electron chi connectivity index (χ4n) is 2.40. The molecule has 116 valence electrons. The van der Waals surface area contributed by atoms with Gasteiger partial charge in [-0.1, -0.05) is 6.92 Å². The van der Waals surface area contributed by atoms with Crippen molar-refractivity contribution >= 4 is 31.9 Å². The van der Waals surface area contributed by atoms with Crippen molar-refractivity contribution in [3.8, 4) is 5.75 Å². The van der Waals surface area contributed by atoms with Crippen LogP contribution in [0.3, 0.4) is 0 Å². The van der Waals surface area contributed by atoms with Gasteiger partial charge in [-0.15, -0.1) is 0 Å². The molecule has 0 atom stereocenters. The third kappa shape index (κ3) is 3.56. The molecule has 1 aliphatic rings. The molecule has 0 bridgehead atoms. The Hall–Kier alpha value is -1.12. The van der Waals surface area contributed by atoms with Crippen LogP contribution >= 0.6 is 15.9 Å². The zero-order valence-electron chi connectivity index (χ0n) is 11.7. The van der Waals surface area contributed by atoms with Crippen molar-refractivity contribution in [3.63, 3.8) is 0 Å². The van der Waals surface area contributed by atoms with Gasteiger partial charge in [-0.25, -0.2) is 13.6 Å². The van der Waals surface area contributed by atoms with Gasteiger partial charge in [0.05, 0.1) is 11.6 Å². The quantitative estimate of drug-likeness (QED) is 0.833. The van der Waals surface area contributed by atoms with Crippen LogP contribution in [0.4, 0.5) is 0 Å². The molecule has 0 spiro atoms. The average Bonchev–Trinajstić information content (AvgIpc) is 2.34. The minimum Gasteiger partial charge on any atom is -0.494 e. The van der Waals surface area contributed by atoms with Crippen LogP contribution in [0.1, 0.15) is 30.1 Å². The zero-order chi connectivity index (χ0) is 15.8. The minimum absolute atomic E-state index is 0.0892. The van der Waals surface area contributed by atoms with Crippen LogP contribution in [0.5, 0.6) is 5.75 Å². The van der Waals surface area contributed by atoms with E-state index in [1.54, 1.807) is 0 Å². The minimum atomic E-state index is -3.99. The summed E-state index contributed by atoms with van der Waals surface area (Å²) in [4.78, 5) is 12.0. The van der Waals surface area contributed by atoms with Crippen molar-refractivity contribution in [1.29, 1.82) is 0 Å². The van der Waals surface area contributed by atoms with Gasteiger partial charge in [0.2, 0.25) is 10.0 Å². The van der Waals surface area contributed by atoms with Crippen LogP contribution in [0.2, 0.25) is 0 Å². The van der Waals surface area contributed by atoms with E-state index in [-0.39, 0.29) is 28.2 Å². The molecule has 1 aromatic rings. The first kappa shape index (κ1) is 16.3. The number of methoxy groups -OCH3 is 1. The molecule has 21 heavy (non-hydrogen) atoms. The Morgan fingerprint density at radius 2 is 2.05 bits per heavy atom. The Balaban J connectivity index is 2.32. The monoisotopic (exact) mass is 376 g/mol. The van der Waals surface area contributed by atoms with Gasteiger partial charge in [0, 0.05) is 11.6 Å². The number of benzene rings is 1. The van der Waals surface area contributed by atoms with Gasteiger partial charge in [-0.2, -0.15) is 0 Å². The first-order chi connectivity index (χ1) is 9.72. The third-order valence-corrected chi connectivity index (χ3v) is 5.00. The van der Waals surface area contributed by atoms with Gasteiger partial charge in [0.25, 0.3) is 5.91 Å². The van der Waals surface area contributed by atoms with E-state index in [2.05, 4.69) is 28.2 Å². The van der Waals surface area contributed by atoms with E-state index in [0.29, 0.717) is 10.4 Å². The molecule has 1 amide bonds. The molecule has 1 saturated carbocycles. The maximum Gasteiger partial charge on any atom is 0.251 e. The van der Waals surface area contributed by atoms with E-state index in [9.17, 15) is 13.2 Å². The van der Waals surface area contributed by atoms with E-state index in [4.69, 9.17) is 9.88 Å². The summed E-state index contributed by atoms with van der Waals surface area (Å²) < 4.78 is 28.6. The number of nitrogens with two attached hydrogens (primary N) is 1. The Kier molecular flexibility index (Phi) is 4.60. The second kappa shape index (κ2) is 5.94. The van der Waals surface area contributed by atoms with Crippen molar-refractivity contribution in [3.05, 3.63) is 22.2 Å². The summed E-state index contributed by atoms with van der Waals surface area (Å²) in [5, 5.41) is 8.04. The molecule has 1 aromatic carbocycles. The highest BCUT2D eigenvalue weighted by Crippen LogP contribution is 2.33. The van der Waals surface area contributed by atoms with Crippen molar-refractivity contribution < 1.29 is 17.9 Å². The molecular weight excluding hydrogens is 360 g/mol. The van der Waals surface area contributed by atoms with Crippen LogP contribution in [-0.2, 0) is 10.0 Å². The van der Waals surface area contributed by atoms with Gasteiger partial charge in [-0.3, -0.25) is 4.79 Å². The fraction of sp³-hybridized carbons (Fsp3) is 0.462. The van der Waals surface area contributed by atoms with Crippen LogP contribution in [0.15, 0.2) is 21.5 Å². The summed E-state index contributed by atoms with van der Waals surface area (Å²) in [5.74, 6) is 0.379. The van der Waals surface area contributed by atoms with Crippen molar-refractivity contribution in [2.45, 2.75) is 30.7 Å². The fourth-order valence-corrected chi connectivity index (χ4v) is 3.89. The molecule has 6 nitrogen and oxygen atoms in total. The zero-order valence-corrected chi connectivity index (χ0v) is 14.1. The Morgan fingerprint density at radius 1 is 1.43 bits per heavy atom. The Bertz CT molecular complexity index is 669. The molecule has 1 aliphatic carbocycles. The predicted octanol–water partition coefficient (Wildman–Crippen LogP) is 1.63. The standard InChI is InChI=1S/C13H17BrN2O4S/c1-7-3-9(4-7)16-13(17)8-5-10(14)12(20-2)11(6-8)21(15,18)19/h5-7,9H,3-4H2,1-2H3,(H,16,17)(H2,15,18,19). The number of carbonyl (C=O) groups excluding carboxylic acids is 1. The van der Waals surface area contributed by atoms with Gasteiger partial charge in [0.15, 0.2) is 5.75 Å². The Labute approximate surface area is 132 Å². The van der Waals surface area contributed by atoms with Gasteiger partial charge >= 0.3 is 0 Å². The first-order valence-corrected chi connectivity index (χ1v) is 8.77. The highest BCUT2D eigenvalue weighted by molar-refractivity contribution is 9.10. The molecule has 0 radical (unpaired) electrons. The van der Waals surface area contributed by atoms with E-state index < -0.39 is 10.0 Å². The lowest BCUT2D eigenvalue weighted by Gasteiger charge is -2.33.